The van der Waals surface area contributed by atoms with E-state index in [1.165, 1.54) is 6.92 Å². The minimum atomic E-state index is -1.03. The van der Waals surface area contributed by atoms with E-state index in [0.29, 0.717) is 52.2 Å². The SMILES string of the molecule is CC(C)C[C@H](NC(=O)[C@H](Cc1ccccc1)NC(=O)[C@H](C)NC(=O)[C@H](CCc1ccccc1)NC(=O)CN1CCOCC1)C(=O)[C@@]1(C)CO1. The highest BCUT2D eigenvalue weighted by atomic mass is 16.6. The number of hydrogen-bond acceptors (Lipinski definition) is 8. The first-order valence-electron chi connectivity index (χ1n) is 17.2. The van der Waals surface area contributed by atoms with Crippen LogP contribution in [0.25, 0.3) is 0 Å². The zero-order valence-electron chi connectivity index (χ0n) is 29.0. The lowest BCUT2D eigenvalue weighted by molar-refractivity contribution is -0.135. The molecule has 0 bridgehead atoms. The average molecular weight is 678 g/mol. The first-order chi connectivity index (χ1) is 23.4. The molecular weight excluding hydrogens is 626 g/mol. The quantitative estimate of drug-likeness (QED) is 0.173. The largest absolute Gasteiger partial charge is 0.379 e. The van der Waals surface area contributed by atoms with Crippen LogP contribution in [0, 0.1) is 5.92 Å². The molecule has 4 N–H and O–H groups in total. The smallest absolute Gasteiger partial charge is 0.243 e. The van der Waals surface area contributed by atoms with Crippen LogP contribution in [0.5, 0.6) is 0 Å². The lowest BCUT2D eigenvalue weighted by Gasteiger charge is -2.28. The van der Waals surface area contributed by atoms with Gasteiger partial charge in [-0.15, -0.1) is 0 Å². The van der Waals surface area contributed by atoms with Crippen LogP contribution < -0.4 is 21.3 Å². The van der Waals surface area contributed by atoms with E-state index in [9.17, 15) is 24.0 Å². The fraction of sp³-hybridized carbons (Fsp3) is 0.541. The zero-order valence-corrected chi connectivity index (χ0v) is 29.0. The van der Waals surface area contributed by atoms with Gasteiger partial charge < -0.3 is 30.7 Å². The Bertz CT molecular complexity index is 1410. The number of aryl methyl sites for hydroxylation is 1. The van der Waals surface area contributed by atoms with E-state index in [1.54, 1.807) is 6.92 Å². The van der Waals surface area contributed by atoms with Crippen LogP contribution in [-0.4, -0.2) is 104 Å². The van der Waals surface area contributed by atoms with Crippen LogP contribution in [0.2, 0.25) is 0 Å². The fourth-order valence-corrected chi connectivity index (χ4v) is 5.76. The van der Waals surface area contributed by atoms with Gasteiger partial charge in [0.15, 0.2) is 5.78 Å². The van der Waals surface area contributed by atoms with Crippen molar-refractivity contribution >= 4 is 29.4 Å². The Morgan fingerprint density at radius 1 is 0.755 bits per heavy atom. The highest BCUT2D eigenvalue weighted by molar-refractivity contribution is 5.98. The number of nitrogens with zero attached hydrogens (tertiary/aromatic N) is 1. The molecule has 0 unspecified atom stereocenters. The van der Waals surface area contributed by atoms with Gasteiger partial charge in [0, 0.05) is 19.5 Å². The molecule has 0 saturated carbocycles. The topological polar surface area (TPSA) is 158 Å². The van der Waals surface area contributed by atoms with Crippen molar-refractivity contribution < 1.29 is 33.4 Å². The molecule has 0 spiro atoms. The van der Waals surface area contributed by atoms with Crippen molar-refractivity contribution in [2.24, 2.45) is 5.92 Å². The molecule has 4 amide bonds. The van der Waals surface area contributed by atoms with Gasteiger partial charge in [0.25, 0.3) is 0 Å². The van der Waals surface area contributed by atoms with E-state index >= 15 is 0 Å². The number of amides is 4. The van der Waals surface area contributed by atoms with Gasteiger partial charge in [0.1, 0.15) is 23.7 Å². The number of ketones is 1. The maximum absolute atomic E-state index is 13.7. The first-order valence-corrected chi connectivity index (χ1v) is 17.2. The summed E-state index contributed by atoms with van der Waals surface area (Å²) >= 11 is 0. The van der Waals surface area contributed by atoms with Crippen LogP contribution in [-0.2, 0) is 46.3 Å². The highest BCUT2D eigenvalue weighted by Crippen LogP contribution is 2.29. The van der Waals surface area contributed by atoms with Crippen LogP contribution in [0.15, 0.2) is 60.7 Å². The molecule has 0 radical (unpaired) electrons. The van der Waals surface area contributed by atoms with Crippen LogP contribution in [0.4, 0.5) is 0 Å². The van der Waals surface area contributed by atoms with Gasteiger partial charge in [-0.1, -0.05) is 74.5 Å². The lowest BCUT2D eigenvalue weighted by Crippen LogP contribution is -2.58. The van der Waals surface area contributed by atoms with Crippen molar-refractivity contribution in [1.82, 2.24) is 26.2 Å². The van der Waals surface area contributed by atoms with Gasteiger partial charge in [0.05, 0.1) is 32.4 Å². The molecule has 12 heteroatoms. The van der Waals surface area contributed by atoms with Crippen LogP contribution >= 0.6 is 0 Å². The Morgan fingerprint density at radius 2 is 1.33 bits per heavy atom. The van der Waals surface area contributed by atoms with Crippen molar-refractivity contribution in [2.45, 2.75) is 83.1 Å². The predicted molar refractivity (Wildman–Crippen MR) is 184 cm³/mol. The Kier molecular flexibility index (Phi) is 13.9. The number of Topliss-reactive ketones (excluding diaryl/α,β-unsaturated/α-hetero) is 1. The number of epoxide rings is 1. The first kappa shape index (κ1) is 37.7. The fourth-order valence-electron chi connectivity index (χ4n) is 5.76. The molecule has 12 nitrogen and oxygen atoms in total. The number of carbonyl (C=O) groups excluding carboxylic acids is 5. The maximum Gasteiger partial charge on any atom is 0.243 e. The number of ether oxygens (including phenoxy) is 2. The van der Waals surface area contributed by atoms with Crippen LogP contribution in [0.3, 0.4) is 0 Å². The van der Waals surface area contributed by atoms with E-state index < -0.39 is 47.5 Å². The molecule has 2 aliphatic heterocycles. The van der Waals surface area contributed by atoms with E-state index in [-0.39, 0.29) is 30.6 Å². The van der Waals surface area contributed by atoms with E-state index in [0.717, 1.165) is 11.1 Å². The summed E-state index contributed by atoms with van der Waals surface area (Å²) in [5, 5.41) is 11.3. The molecule has 2 heterocycles. The summed E-state index contributed by atoms with van der Waals surface area (Å²) in [5.41, 5.74) is 0.908. The number of carbonyl (C=O) groups is 5. The van der Waals surface area contributed by atoms with Crippen molar-refractivity contribution in [2.75, 3.05) is 39.5 Å². The third kappa shape index (κ3) is 12.1. The summed E-state index contributed by atoms with van der Waals surface area (Å²) in [5.74, 6) is -1.94. The second kappa shape index (κ2) is 18.0. The average Bonchev–Trinajstić information content (AvgIpc) is 3.84. The minimum Gasteiger partial charge on any atom is -0.379 e. The van der Waals surface area contributed by atoms with Gasteiger partial charge in [-0.3, -0.25) is 28.9 Å². The molecule has 5 atom stereocenters. The number of rotatable bonds is 18. The van der Waals surface area contributed by atoms with E-state index in [1.807, 2.05) is 79.4 Å². The Morgan fingerprint density at radius 3 is 1.92 bits per heavy atom. The normalized spacial score (nSPS) is 19.9. The van der Waals surface area contributed by atoms with Crippen molar-refractivity contribution in [3.63, 3.8) is 0 Å². The monoisotopic (exact) mass is 677 g/mol. The van der Waals surface area contributed by atoms with Crippen molar-refractivity contribution in [3.8, 4) is 0 Å². The van der Waals surface area contributed by atoms with Gasteiger partial charge >= 0.3 is 0 Å². The number of benzene rings is 2. The van der Waals surface area contributed by atoms with Gasteiger partial charge in [-0.05, 0) is 50.2 Å². The minimum absolute atomic E-state index is 0.123. The van der Waals surface area contributed by atoms with Gasteiger partial charge in [0.2, 0.25) is 23.6 Å². The summed E-state index contributed by atoms with van der Waals surface area (Å²) in [6.45, 7) is 9.96. The summed E-state index contributed by atoms with van der Waals surface area (Å²) in [6.07, 6.45) is 1.46. The van der Waals surface area contributed by atoms with E-state index in [4.69, 9.17) is 9.47 Å². The van der Waals surface area contributed by atoms with E-state index in [2.05, 4.69) is 21.3 Å². The Balaban J connectivity index is 1.43. The standard InChI is InChI=1S/C37H51N5O7/c1-25(2)21-30(33(44)37(4)24-49-37)40-36(47)31(22-28-13-9-6-10-14-28)41-34(45)26(3)38-35(46)29(16-15-27-11-7-5-8-12-27)39-32(43)23-42-17-19-48-20-18-42/h5-14,25-26,29-31H,15-24H2,1-4H3,(H,38,46)(H,39,43)(H,40,47)(H,41,45)/t26-,29-,30-,31-,37+/m0/s1. The molecule has 266 valence electrons. The number of hydrogen-bond donors (Lipinski definition) is 4. The number of morpholine rings is 1. The third-order valence-corrected chi connectivity index (χ3v) is 8.79. The maximum atomic E-state index is 13.7. The third-order valence-electron chi connectivity index (χ3n) is 8.79. The van der Waals surface area contributed by atoms with Crippen molar-refractivity contribution in [3.05, 3.63) is 71.8 Å². The molecule has 2 saturated heterocycles. The Labute approximate surface area is 289 Å². The highest BCUT2D eigenvalue weighted by Gasteiger charge is 2.50. The van der Waals surface area contributed by atoms with Crippen LogP contribution in [0.1, 0.15) is 51.7 Å². The summed E-state index contributed by atoms with van der Waals surface area (Å²) in [6, 6.07) is 15.2. The van der Waals surface area contributed by atoms with Crippen molar-refractivity contribution in [1.29, 1.82) is 0 Å². The predicted octanol–water partition coefficient (Wildman–Crippen LogP) is 1.56. The van der Waals surface area contributed by atoms with Gasteiger partial charge in [-0.2, -0.15) is 0 Å². The molecule has 49 heavy (non-hydrogen) atoms. The summed E-state index contributed by atoms with van der Waals surface area (Å²) in [7, 11) is 0. The second-order valence-corrected chi connectivity index (χ2v) is 13.6. The molecule has 2 aliphatic rings. The molecule has 0 aliphatic carbocycles. The second-order valence-electron chi connectivity index (χ2n) is 13.6. The molecule has 4 rings (SSSR count). The molecular formula is C37H51N5O7. The molecule has 2 aromatic carbocycles. The zero-order chi connectivity index (χ0) is 35.4. The van der Waals surface area contributed by atoms with Gasteiger partial charge in [-0.25, -0.2) is 0 Å². The molecule has 0 aromatic heterocycles. The lowest BCUT2D eigenvalue weighted by atomic mass is 9.93. The summed E-state index contributed by atoms with van der Waals surface area (Å²) < 4.78 is 10.7. The molecule has 2 fully saturated rings. The molecule has 2 aromatic rings. The number of nitrogens with one attached hydrogen (secondary N) is 4. The Hall–Kier alpha value is -4.13. The summed E-state index contributed by atoms with van der Waals surface area (Å²) in [4.78, 5) is 69.0.